The molecular weight excluding hydrogens is 354 g/mol. The number of ketones is 1. The smallest absolute Gasteiger partial charge is 0.339 e. The van der Waals surface area contributed by atoms with E-state index in [0.717, 1.165) is 4.90 Å². The number of rotatable bonds is 7. The van der Waals surface area contributed by atoms with Gasteiger partial charge < -0.3 is 14.5 Å². The highest BCUT2D eigenvalue weighted by Crippen LogP contribution is 2.21. The minimum absolute atomic E-state index is 0.109. The van der Waals surface area contributed by atoms with Crippen molar-refractivity contribution in [3.8, 4) is 0 Å². The summed E-state index contributed by atoms with van der Waals surface area (Å²) in [6, 6.07) is 9.45. The molecule has 0 aliphatic heterocycles. The van der Waals surface area contributed by atoms with Crippen LogP contribution in [0.4, 0.5) is 0 Å². The molecule has 0 saturated heterocycles. The summed E-state index contributed by atoms with van der Waals surface area (Å²) >= 11 is 1.34. The molecule has 0 spiro atoms. The number of aromatic amines is 1. The van der Waals surface area contributed by atoms with Crippen LogP contribution in [0.3, 0.4) is 0 Å². The molecule has 26 heavy (non-hydrogen) atoms. The van der Waals surface area contributed by atoms with Crippen LogP contribution in [0.25, 0.3) is 0 Å². The maximum absolute atomic E-state index is 12.6. The Morgan fingerprint density at radius 1 is 1.15 bits per heavy atom. The van der Waals surface area contributed by atoms with Crippen molar-refractivity contribution >= 4 is 29.5 Å². The molecule has 1 atom stereocenters. The number of ether oxygens (including phenoxy) is 2. The maximum atomic E-state index is 12.6. The number of esters is 2. The summed E-state index contributed by atoms with van der Waals surface area (Å²) in [5.41, 5.74) is 1.60. The molecule has 2 aromatic rings. The Bertz CT molecular complexity index is 813. The van der Waals surface area contributed by atoms with Gasteiger partial charge in [-0.3, -0.25) is 9.59 Å². The SMILES string of the molecule is COC(=O)c1c(C)[nH]c(C(=O)[C@@H](C)OC(=O)CSc2ccccc2)c1C. The molecule has 0 fully saturated rings. The lowest BCUT2D eigenvalue weighted by Crippen LogP contribution is -2.26. The van der Waals surface area contributed by atoms with E-state index in [0.29, 0.717) is 16.8 Å². The van der Waals surface area contributed by atoms with Gasteiger partial charge in [0.05, 0.1) is 24.1 Å². The second-order valence-electron chi connectivity index (χ2n) is 5.71. The fourth-order valence-electron chi connectivity index (χ4n) is 2.55. The maximum Gasteiger partial charge on any atom is 0.339 e. The number of hydrogen-bond acceptors (Lipinski definition) is 6. The number of nitrogens with one attached hydrogen (secondary N) is 1. The van der Waals surface area contributed by atoms with Crippen molar-refractivity contribution < 1.29 is 23.9 Å². The molecule has 0 radical (unpaired) electrons. The molecule has 0 aliphatic rings. The van der Waals surface area contributed by atoms with Gasteiger partial charge in [-0.2, -0.15) is 0 Å². The number of Topliss-reactive ketones (excluding diaryl/α,β-unsaturated/α-hetero) is 1. The molecule has 1 aromatic carbocycles. The Kier molecular flexibility index (Phi) is 6.63. The highest BCUT2D eigenvalue weighted by molar-refractivity contribution is 8.00. The van der Waals surface area contributed by atoms with E-state index < -0.39 is 18.0 Å². The predicted octanol–water partition coefficient (Wildman–Crippen LogP) is 3.32. The number of thioether (sulfide) groups is 1. The minimum atomic E-state index is -0.957. The lowest BCUT2D eigenvalue weighted by Gasteiger charge is -2.12. The first-order chi connectivity index (χ1) is 12.3. The van der Waals surface area contributed by atoms with Gasteiger partial charge in [-0.15, -0.1) is 11.8 Å². The van der Waals surface area contributed by atoms with Crippen LogP contribution >= 0.6 is 11.8 Å². The van der Waals surface area contributed by atoms with Gasteiger partial charge in [0.2, 0.25) is 5.78 Å². The van der Waals surface area contributed by atoms with Crippen molar-refractivity contribution in [2.24, 2.45) is 0 Å². The standard InChI is InChI=1S/C19H21NO5S/c1-11-16(19(23)24-4)12(2)20-17(11)18(22)13(3)25-15(21)10-26-14-8-6-5-7-9-14/h5-9,13,20H,10H2,1-4H3/t13-/m1/s1. The third-order valence-corrected chi connectivity index (χ3v) is 4.84. The first-order valence-corrected chi connectivity index (χ1v) is 9.02. The zero-order valence-corrected chi connectivity index (χ0v) is 15.9. The van der Waals surface area contributed by atoms with E-state index in [4.69, 9.17) is 9.47 Å². The van der Waals surface area contributed by atoms with Gasteiger partial charge >= 0.3 is 11.9 Å². The summed E-state index contributed by atoms with van der Waals surface area (Å²) < 4.78 is 9.97. The molecule has 1 heterocycles. The molecule has 0 aliphatic carbocycles. The quantitative estimate of drug-likeness (QED) is 0.454. The van der Waals surface area contributed by atoms with E-state index in [1.54, 1.807) is 13.8 Å². The number of carbonyl (C=O) groups excluding carboxylic acids is 3. The Balaban J connectivity index is 2.01. The summed E-state index contributed by atoms with van der Waals surface area (Å²) in [7, 11) is 1.28. The second kappa shape index (κ2) is 8.71. The van der Waals surface area contributed by atoms with Gasteiger partial charge in [-0.1, -0.05) is 18.2 Å². The van der Waals surface area contributed by atoms with Crippen LogP contribution in [0.2, 0.25) is 0 Å². The number of hydrogen-bond donors (Lipinski definition) is 1. The first-order valence-electron chi connectivity index (χ1n) is 8.04. The van der Waals surface area contributed by atoms with Crippen molar-refractivity contribution in [3.05, 3.63) is 52.8 Å². The van der Waals surface area contributed by atoms with Gasteiger partial charge in [-0.05, 0) is 38.5 Å². The van der Waals surface area contributed by atoms with Gasteiger partial charge in [0.25, 0.3) is 0 Å². The van der Waals surface area contributed by atoms with Crippen LogP contribution in [0.5, 0.6) is 0 Å². The average Bonchev–Trinajstić information content (AvgIpc) is 2.93. The van der Waals surface area contributed by atoms with Crippen LogP contribution in [0, 0.1) is 13.8 Å². The van der Waals surface area contributed by atoms with E-state index in [1.165, 1.54) is 25.8 Å². The fourth-order valence-corrected chi connectivity index (χ4v) is 3.25. The normalized spacial score (nSPS) is 11.7. The van der Waals surface area contributed by atoms with E-state index in [-0.39, 0.29) is 17.2 Å². The second-order valence-corrected chi connectivity index (χ2v) is 6.76. The summed E-state index contributed by atoms with van der Waals surface area (Å²) in [5, 5.41) is 0. The van der Waals surface area contributed by atoms with Crippen molar-refractivity contribution in [2.45, 2.75) is 31.8 Å². The molecule has 0 amide bonds. The van der Waals surface area contributed by atoms with E-state index >= 15 is 0 Å². The third-order valence-electron chi connectivity index (χ3n) is 3.85. The zero-order valence-electron chi connectivity index (χ0n) is 15.1. The fraction of sp³-hybridized carbons (Fsp3) is 0.316. The summed E-state index contributed by atoms with van der Waals surface area (Å²) in [4.78, 5) is 40.2. The number of benzene rings is 1. The van der Waals surface area contributed by atoms with Crippen LogP contribution < -0.4 is 0 Å². The highest BCUT2D eigenvalue weighted by atomic mass is 32.2. The first kappa shape index (κ1) is 19.8. The number of carbonyl (C=O) groups is 3. The lowest BCUT2D eigenvalue weighted by molar-refractivity contribution is -0.143. The van der Waals surface area contributed by atoms with Crippen molar-refractivity contribution in [3.63, 3.8) is 0 Å². The number of methoxy groups -OCH3 is 1. The van der Waals surface area contributed by atoms with Crippen LogP contribution in [-0.2, 0) is 14.3 Å². The largest absolute Gasteiger partial charge is 0.465 e. The van der Waals surface area contributed by atoms with Crippen molar-refractivity contribution in [1.29, 1.82) is 0 Å². The topological polar surface area (TPSA) is 85.5 Å². The Hall–Kier alpha value is -2.54. The number of aromatic nitrogens is 1. The van der Waals surface area contributed by atoms with Crippen LogP contribution in [-0.4, -0.2) is 41.7 Å². The summed E-state index contributed by atoms with van der Waals surface area (Å²) in [6.45, 7) is 4.85. The average molecular weight is 375 g/mol. The molecule has 0 unspecified atom stereocenters. The molecular formula is C19H21NO5S. The molecule has 2 rings (SSSR count). The van der Waals surface area contributed by atoms with Gasteiger partial charge in [0.1, 0.15) is 0 Å². The minimum Gasteiger partial charge on any atom is -0.465 e. The molecule has 7 heteroatoms. The molecule has 1 aromatic heterocycles. The number of aryl methyl sites for hydroxylation is 1. The van der Waals surface area contributed by atoms with E-state index in [2.05, 4.69) is 4.98 Å². The molecule has 6 nitrogen and oxygen atoms in total. The molecule has 1 N–H and O–H groups in total. The van der Waals surface area contributed by atoms with E-state index in [9.17, 15) is 14.4 Å². The molecule has 0 saturated carbocycles. The predicted molar refractivity (Wildman–Crippen MR) is 98.7 cm³/mol. The van der Waals surface area contributed by atoms with Gasteiger partial charge in [0, 0.05) is 10.6 Å². The van der Waals surface area contributed by atoms with Crippen molar-refractivity contribution in [1.82, 2.24) is 4.98 Å². The van der Waals surface area contributed by atoms with Gasteiger partial charge in [0.15, 0.2) is 6.10 Å². The molecule has 0 bridgehead atoms. The van der Waals surface area contributed by atoms with E-state index in [1.807, 2.05) is 30.3 Å². The third kappa shape index (κ3) is 4.54. The lowest BCUT2D eigenvalue weighted by atomic mass is 10.1. The zero-order chi connectivity index (χ0) is 19.3. The monoisotopic (exact) mass is 375 g/mol. The van der Waals surface area contributed by atoms with Crippen LogP contribution in [0.1, 0.15) is 39.0 Å². The Morgan fingerprint density at radius 3 is 2.42 bits per heavy atom. The highest BCUT2D eigenvalue weighted by Gasteiger charge is 2.27. The van der Waals surface area contributed by atoms with Gasteiger partial charge in [-0.25, -0.2) is 4.79 Å². The Labute approximate surface area is 156 Å². The Morgan fingerprint density at radius 2 is 1.81 bits per heavy atom. The molecule has 138 valence electrons. The van der Waals surface area contributed by atoms with Crippen molar-refractivity contribution in [2.75, 3.05) is 12.9 Å². The number of H-pyrrole nitrogens is 1. The summed E-state index contributed by atoms with van der Waals surface area (Å²) in [5.74, 6) is -1.27. The summed E-state index contributed by atoms with van der Waals surface area (Å²) in [6.07, 6.45) is -0.957. The van der Waals surface area contributed by atoms with Crippen LogP contribution in [0.15, 0.2) is 35.2 Å².